The van der Waals surface area contributed by atoms with Crippen LogP contribution in [0.1, 0.15) is 32.1 Å². The van der Waals surface area contributed by atoms with Crippen molar-refractivity contribution >= 4 is 15.9 Å². The molecule has 0 bridgehead atoms. The Hall–Kier alpha value is -0.540. The third-order valence-electron chi connectivity index (χ3n) is 4.18. The Balaban J connectivity index is 1.48. The van der Waals surface area contributed by atoms with Gasteiger partial charge in [-0.1, -0.05) is 22.4 Å². The second-order valence-corrected chi connectivity index (χ2v) is 6.31. The van der Waals surface area contributed by atoms with Crippen LogP contribution in [0.25, 0.3) is 0 Å². The fourth-order valence-corrected chi connectivity index (χ4v) is 3.08. The van der Waals surface area contributed by atoms with Crippen molar-refractivity contribution in [2.75, 3.05) is 13.1 Å². The second kappa shape index (κ2) is 5.62. The second-order valence-electron chi connectivity index (χ2n) is 5.39. The zero-order valence-electron chi connectivity index (χ0n) is 10.6. The van der Waals surface area contributed by atoms with Crippen molar-refractivity contribution in [1.29, 1.82) is 0 Å². The third-order valence-corrected chi connectivity index (χ3v) is 4.71. The number of hydrogen-bond donors (Lipinski definition) is 0. The van der Waals surface area contributed by atoms with Crippen LogP contribution in [-0.4, -0.2) is 30.1 Å². The molecule has 1 saturated carbocycles. The summed E-state index contributed by atoms with van der Waals surface area (Å²) in [7, 11) is 0. The van der Waals surface area contributed by atoms with Crippen molar-refractivity contribution in [2.45, 2.75) is 44.2 Å². The van der Waals surface area contributed by atoms with E-state index in [0.717, 1.165) is 16.3 Å². The molecule has 2 fully saturated rings. The molecule has 1 aliphatic carbocycles. The number of halogens is 1. The Labute approximate surface area is 117 Å². The molecular formula is C15H20BrNO. The normalized spacial score (nSPS) is 22.7. The lowest BCUT2D eigenvalue weighted by atomic mass is 9.90. The van der Waals surface area contributed by atoms with Crippen LogP contribution < -0.4 is 4.74 Å². The molecule has 0 spiro atoms. The maximum atomic E-state index is 6.04. The van der Waals surface area contributed by atoms with Gasteiger partial charge in [0.15, 0.2) is 0 Å². The first-order chi connectivity index (χ1) is 8.81. The minimum atomic E-state index is 0.405. The molecule has 0 atom stereocenters. The Morgan fingerprint density at radius 1 is 1.00 bits per heavy atom. The van der Waals surface area contributed by atoms with E-state index in [0.29, 0.717) is 6.10 Å². The van der Waals surface area contributed by atoms with E-state index in [1.807, 2.05) is 24.3 Å². The molecule has 0 N–H and O–H groups in total. The number of ether oxygens (including phenoxy) is 1. The number of rotatable bonds is 3. The Morgan fingerprint density at radius 2 is 1.67 bits per heavy atom. The zero-order valence-corrected chi connectivity index (χ0v) is 12.2. The molecule has 1 saturated heterocycles. The quantitative estimate of drug-likeness (QED) is 0.841. The van der Waals surface area contributed by atoms with Crippen LogP contribution in [-0.2, 0) is 0 Å². The van der Waals surface area contributed by atoms with Crippen LogP contribution >= 0.6 is 15.9 Å². The van der Waals surface area contributed by atoms with Gasteiger partial charge in [-0.25, -0.2) is 0 Å². The summed E-state index contributed by atoms with van der Waals surface area (Å²) in [4.78, 5) is 2.66. The highest BCUT2D eigenvalue weighted by Crippen LogP contribution is 2.28. The van der Waals surface area contributed by atoms with Gasteiger partial charge in [0.1, 0.15) is 11.9 Å². The van der Waals surface area contributed by atoms with Crippen LogP contribution in [0.5, 0.6) is 5.75 Å². The minimum Gasteiger partial charge on any atom is -0.490 e. The molecule has 1 aliphatic heterocycles. The highest BCUT2D eigenvalue weighted by atomic mass is 79.9. The highest BCUT2D eigenvalue weighted by Gasteiger charge is 2.29. The van der Waals surface area contributed by atoms with Gasteiger partial charge in [-0.05, 0) is 49.9 Å². The molecule has 0 radical (unpaired) electrons. The lowest BCUT2D eigenvalue weighted by Gasteiger charge is -2.41. The van der Waals surface area contributed by atoms with Crippen molar-refractivity contribution in [1.82, 2.24) is 4.90 Å². The predicted octanol–water partition coefficient (Wildman–Crippen LogP) is 3.84. The molecule has 3 rings (SSSR count). The number of piperidine rings is 1. The molecule has 0 amide bonds. The molecule has 1 aromatic rings. The van der Waals surface area contributed by atoms with E-state index in [4.69, 9.17) is 4.74 Å². The Kier molecular flexibility index (Phi) is 3.90. The molecule has 3 heteroatoms. The van der Waals surface area contributed by atoms with Crippen molar-refractivity contribution in [3.05, 3.63) is 28.7 Å². The van der Waals surface area contributed by atoms with Crippen LogP contribution in [0.4, 0.5) is 0 Å². The van der Waals surface area contributed by atoms with Gasteiger partial charge in [-0.2, -0.15) is 0 Å². The smallest absolute Gasteiger partial charge is 0.119 e. The van der Waals surface area contributed by atoms with Crippen LogP contribution in [0.15, 0.2) is 28.7 Å². The van der Waals surface area contributed by atoms with Crippen molar-refractivity contribution < 1.29 is 4.74 Å². The van der Waals surface area contributed by atoms with E-state index in [9.17, 15) is 0 Å². The van der Waals surface area contributed by atoms with Crippen molar-refractivity contribution in [2.24, 2.45) is 0 Å². The summed E-state index contributed by atoms with van der Waals surface area (Å²) in [5.74, 6) is 1.00. The fraction of sp³-hybridized carbons (Fsp3) is 0.600. The van der Waals surface area contributed by atoms with Gasteiger partial charge in [-0.15, -0.1) is 0 Å². The summed E-state index contributed by atoms with van der Waals surface area (Å²) in [6, 6.07) is 9.06. The largest absolute Gasteiger partial charge is 0.490 e. The zero-order chi connectivity index (χ0) is 12.4. The maximum Gasteiger partial charge on any atom is 0.119 e. The van der Waals surface area contributed by atoms with E-state index in [2.05, 4.69) is 20.8 Å². The van der Waals surface area contributed by atoms with Gasteiger partial charge in [0, 0.05) is 23.6 Å². The van der Waals surface area contributed by atoms with Crippen LogP contribution in [0.3, 0.4) is 0 Å². The third kappa shape index (κ3) is 2.89. The van der Waals surface area contributed by atoms with E-state index in [1.165, 1.54) is 45.2 Å². The SMILES string of the molecule is Brc1ccc(OC2CCN(C3CCC3)CC2)cc1. The molecule has 0 unspecified atom stereocenters. The molecular weight excluding hydrogens is 290 g/mol. The molecule has 18 heavy (non-hydrogen) atoms. The van der Waals surface area contributed by atoms with Crippen molar-refractivity contribution in [3.8, 4) is 5.75 Å². The number of benzene rings is 1. The lowest BCUT2D eigenvalue weighted by Crippen LogP contribution is -2.46. The van der Waals surface area contributed by atoms with Crippen LogP contribution in [0, 0.1) is 0 Å². The van der Waals surface area contributed by atoms with Gasteiger partial charge in [-0.3, -0.25) is 0 Å². The van der Waals surface area contributed by atoms with Gasteiger partial charge in [0.05, 0.1) is 0 Å². The molecule has 0 aromatic heterocycles. The first-order valence-electron chi connectivity index (χ1n) is 6.97. The molecule has 2 aliphatic rings. The van der Waals surface area contributed by atoms with E-state index < -0.39 is 0 Å². The van der Waals surface area contributed by atoms with Crippen molar-refractivity contribution in [3.63, 3.8) is 0 Å². The van der Waals surface area contributed by atoms with Gasteiger partial charge >= 0.3 is 0 Å². The minimum absolute atomic E-state index is 0.405. The Morgan fingerprint density at radius 3 is 2.22 bits per heavy atom. The molecule has 98 valence electrons. The summed E-state index contributed by atoms with van der Waals surface area (Å²) in [5, 5.41) is 0. The predicted molar refractivity (Wildman–Crippen MR) is 77.0 cm³/mol. The molecule has 1 aromatic carbocycles. The first kappa shape index (κ1) is 12.5. The average Bonchev–Trinajstić information content (AvgIpc) is 2.32. The van der Waals surface area contributed by atoms with E-state index in [1.54, 1.807) is 0 Å². The van der Waals surface area contributed by atoms with Gasteiger partial charge < -0.3 is 9.64 Å². The summed E-state index contributed by atoms with van der Waals surface area (Å²) >= 11 is 3.45. The Bertz CT molecular complexity index is 380. The standard InChI is InChI=1S/C15H20BrNO/c16-12-4-6-14(7-5-12)18-15-8-10-17(11-9-15)13-2-1-3-13/h4-7,13,15H,1-3,8-11H2. The molecule has 1 heterocycles. The number of nitrogens with zero attached hydrogens (tertiary/aromatic N) is 1. The van der Waals surface area contributed by atoms with Gasteiger partial charge in [0.2, 0.25) is 0 Å². The maximum absolute atomic E-state index is 6.04. The number of hydrogen-bond acceptors (Lipinski definition) is 2. The van der Waals surface area contributed by atoms with Crippen LogP contribution in [0.2, 0.25) is 0 Å². The average molecular weight is 310 g/mol. The monoisotopic (exact) mass is 309 g/mol. The summed E-state index contributed by atoms with van der Waals surface area (Å²) in [6.07, 6.45) is 7.01. The van der Waals surface area contributed by atoms with E-state index in [-0.39, 0.29) is 0 Å². The van der Waals surface area contributed by atoms with E-state index >= 15 is 0 Å². The number of likely N-dealkylation sites (tertiary alicyclic amines) is 1. The topological polar surface area (TPSA) is 12.5 Å². The highest BCUT2D eigenvalue weighted by molar-refractivity contribution is 9.10. The van der Waals surface area contributed by atoms with Gasteiger partial charge in [0.25, 0.3) is 0 Å². The summed E-state index contributed by atoms with van der Waals surface area (Å²) in [6.45, 7) is 2.43. The molecule has 2 nitrogen and oxygen atoms in total. The summed E-state index contributed by atoms with van der Waals surface area (Å²) in [5.41, 5.74) is 0. The fourth-order valence-electron chi connectivity index (χ4n) is 2.82. The first-order valence-corrected chi connectivity index (χ1v) is 7.77. The lowest BCUT2D eigenvalue weighted by molar-refractivity contribution is 0.0493. The summed E-state index contributed by atoms with van der Waals surface area (Å²) < 4.78 is 7.15.